The Kier molecular flexibility index (Phi) is 3.43. The van der Waals surface area contributed by atoms with Crippen molar-refractivity contribution >= 4 is 23.1 Å². The number of rotatable bonds is 2. The van der Waals surface area contributed by atoms with Gasteiger partial charge in [0, 0.05) is 10.6 Å². The van der Waals surface area contributed by atoms with Crippen molar-refractivity contribution in [3.05, 3.63) is 40.1 Å². The van der Waals surface area contributed by atoms with E-state index in [0.29, 0.717) is 29.3 Å². The van der Waals surface area contributed by atoms with Gasteiger partial charge in [-0.05, 0) is 50.2 Å². The second kappa shape index (κ2) is 5.25. The molecule has 1 aromatic carbocycles. The molecule has 0 amide bonds. The highest BCUT2D eigenvalue weighted by Gasteiger charge is 2.53. The fourth-order valence-corrected chi connectivity index (χ4v) is 4.32. The SMILES string of the molecule is Cc1cccc(Cl)c1C1=C(O)C2(CCCC(C3CO3)C2)OC1=O. The van der Waals surface area contributed by atoms with Crippen LogP contribution in [0.5, 0.6) is 0 Å². The molecule has 0 aromatic heterocycles. The predicted molar refractivity (Wildman–Crippen MR) is 86.3 cm³/mol. The van der Waals surface area contributed by atoms with Crippen molar-refractivity contribution in [3.63, 3.8) is 0 Å². The van der Waals surface area contributed by atoms with E-state index in [1.54, 1.807) is 6.07 Å². The molecule has 1 spiro atoms. The van der Waals surface area contributed by atoms with Crippen LogP contribution in [-0.2, 0) is 14.3 Å². The topological polar surface area (TPSA) is 59.1 Å². The first-order valence-corrected chi connectivity index (χ1v) is 8.44. The first kappa shape index (κ1) is 15.0. The Morgan fingerprint density at radius 2 is 2.17 bits per heavy atom. The lowest BCUT2D eigenvalue weighted by atomic mass is 9.75. The molecule has 3 atom stereocenters. The molecule has 1 aliphatic carbocycles. The number of aliphatic hydroxyl groups excluding tert-OH is 1. The molecule has 2 heterocycles. The summed E-state index contributed by atoms with van der Waals surface area (Å²) in [7, 11) is 0. The van der Waals surface area contributed by atoms with E-state index in [0.717, 1.165) is 25.0 Å². The summed E-state index contributed by atoms with van der Waals surface area (Å²) >= 11 is 6.28. The number of halogens is 1. The monoisotopic (exact) mass is 334 g/mol. The normalized spacial score (nSPS) is 33.2. The number of hydrogen-bond donors (Lipinski definition) is 1. The van der Waals surface area contributed by atoms with Gasteiger partial charge in [0.15, 0.2) is 11.4 Å². The summed E-state index contributed by atoms with van der Waals surface area (Å²) in [5.41, 5.74) is 0.766. The van der Waals surface area contributed by atoms with Crippen LogP contribution in [0.1, 0.15) is 36.8 Å². The van der Waals surface area contributed by atoms with Crippen molar-refractivity contribution in [2.75, 3.05) is 6.61 Å². The van der Waals surface area contributed by atoms with Gasteiger partial charge in [0.05, 0.1) is 12.7 Å². The van der Waals surface area contributed by atoms with Gasteiger partial charge in [-0.25, -0.2) is 4.79 Å². The van der Waals surface area contributed by atoms with Crippen molar-refractivity contribution in [2.24, 2.45) is 5.92 Å². The number of epoxide rings is 1. The van der Waals surface area contributed by atoms with Gasteiger partial charge in [-0.3, -0.25) is 0 Å². The Hall–Kier alpha value is -1.52. The fourth-order valence-electron chi connectivity index (χ4n) is 4.00. The summed E-state index contributed by atoms with van der Waals surface area (Å²) in [6.45, 7) is 2.65. The molecule has 3 unspecified atom stereocenters. The van der Waals surface area contributed by atoms with Gasteiger partial charge in [-0.2, -0.15) is 0 Å². The van der Waals surface area contributed by atoms with Gasteiger partial charge in [0.2, 0.25) is 0 Å². The minimum Gasteiger partial charge on any atom is -0.507 e. The lowest BCUT2D eigenvalue weighted by Crippen LogP contribution is -2.39. The minimum atomic E-state index is -0.896. The number of carbonyl (C=O) groups excluding carboxylic acids is 1. The maximum Gasteiger partial charge on any atom is 0.343 e. The molecule has 5 heteroatoms. The van der Waals surface area contributed by atoms with Crippen molar-refractivity contribution in [1.29, 1.82) is 0 Å². The summed E-state index contributed by atoms with van der Waals surface area (Å²) in [5, 5.41) is 11.3. The Labute approximate surface area is 140 Å². The van der Waals surface area contributed by atoms with Gasteiger partial charge in [0.1, 0.15) is 5.57 Å². The average molecular weight is 335 g/mol. The first-order valence-electron chi connectivity index (χ1n) is 8.06. The third kappa shape index (κ3) is 2.36. The van der Waals surface area contributed by atoms with E-state index in [2.05, 4.69) is 0 Å². The Morgan fingerprint density at radius 3 is 2.87 bits per heavy atom. The summed E-state index contributed by atoms with van der Waals surface area (Å²) in [6.07, 6.45) is 3.50. The van der Waals surface area contributed by atoms with E-state index in [4.69, 9.17) is 21.1 Å². The maximum atomic E-state index is 12.5. The third-order valence-corrected chi connectivity index (χ3v) is 5.58. The second-order valence-corrected chi connectivity index (χ2v) is 7.17. The number of ether oxygens (including phenoxy) is 2. The molecule has 2 aliphatic heterocycles. The smallest absolute Gasteiger partial charge is 0.343 e. The van der Waals surface area contributed by atoms with Gasteiger partial charge >= 0.3 is 5.97 Å². The molecule has 23 heavy (non-hydrogen) atoms. The van der Waals surface area contributed by atoms with Crippen LogP contribution in [0.3, 0.4) is 0 Å². The standard InChI is InChI=1S/C18H19ClO4/c1-10-4-2-6-12(19)14(10)15-16(20)18(23-17(15)21)7-3-5-11(8-18)13-9-22-13/h2,4,6,11,13,20H,3,5,7-9H2,1H3. The molecule has 1 saturated heterocycles. The number of aryl methyl sites for hydroxylation is 1. The molecule has 4 nitrogen and oxygen atoms in total. The lowest BCUT2D eigenvalue weighted by molar-refractivity contribution is -0.151. The van der Waals surface area contributed by atoms with Crippen LogP contribution in [0.2, 0.25) is 5.02 Å². The molecule has 3 aliphatic rings. The molecule has 122 valence electrons. The highest BCUT2D eigenvalue weighted by Crippen LogP contribution is 2.50. The zero-order valence-corrected chi connectivity index (χ0v) is 13.7. The second-order valence-electron chi connectivity index (χ2n) is 6.77. The van der Waals surface area contributed by atoms with Crippen LogP contribution in [-0.4, -0.2) is 29.4 Å². The largest absolute Gasteiger partial charge is 0.507 e. The van der Waals surface area contributed by atoms with Gasteiger partial charge in [-0.1, -0.05) is 23.7 Å². The molecular formula is C18H19ClO4. The van der Waals surface area contributed by atoms with E-state index >= 15 is 0 Å². The summed E-state index contributed by atoms with van der Waals surface area (Å²) in [4.78, 5) is 12.5. The number of benzene rings is 1. The van der Waals surface area contributed by atoms with Crippen molar-refractivity contribution in [1.82, 2.24) is 0 Å². The Balaban J connectivity index is 1.77. The van der Waals surface area contributed by atoms with Gasteiger partial charge in [-0.15, -0.1) is 0 Å². The molecule has 1 N–H and O–H groups in total. The molecule has 2 fully saturated rings. The number of aliphatic hydroxyl groups is 1. The third-order valence-electron chi connectivity index (χ3n) is 5.26. The van der Waals surface area contributed by atoms with Crippen LogP contribution in [0, 0.1) is 12.8 Å². The Morgan fingerprint density at radius 1 is 1.39 bits per heavy atom. The molecule has 1 saturated carbocycles. The average Bonchev–Trinajstić information content (AvgIpc) is 3.32. The van der Waals surface area contributed by atoms with Crippen LogP contribution >= 0.6 is 11.6 Å². The van der Waals surface area contributed by atoms with E-state index in [-0.39, 0.29) is 17.4 Å². The molecule has 0 radical (unpaired) electrons. The van der Waals surface area contributed by atoms with E-state index in [1.165, 1.54) is 0 Å². The summed E-state index contributed by atoms with van der Waals surface area (Å²) in [5.74, 6) is -0.0921. The fraction of sp³-hybridized carbons (Fsp3) is 0.500. The zero-order valence-electron chi connectivity index (χ0n) is 13.0. The highest BCUT2D eigenvalue weighted by atomic mass is 35.5. The molecule has 4 rings (SSSR count). The summed E-state index contributed by atoms with van der Waals surface area (Å²) in [6, 6.07) is 5.43. The molecule has 1 aromatic rings. The molecular weight excluding hydrogens is 316 g/mol. The van der Waals surface area contributed by atoms with Crippen LogP contribution in [0.4, 0.5) is 0 Å². The van der Waals surface area contributed by atoms with Crippen molar-refractivity contribution in [2.45, 2.75) is 44.3 Å². The summed E-state index contributed by atoms with van der Waals surface area (Å²) < 4.78 is 11.1. The van der Waals surface area contributed by atoms with Crippen molar-refractivity contribution in [3.8, 4) is 0 Å². The number of esters is 1. The van der Waals surface area contributed by atoms with Crippen LogP contribution in [0.25, 0.3) is 5.57 Å². The minimum absolute atomic E-state index is 0.0454. The maximum absolute atomic E-state index is 12.5. The molecule has 0 bridgehead atoms. The highest BCUT2D eigenvalue weighted by molar-refractivity contribution is 6.35. The van der Waals surface area contributed by atoms with E-state index < -0.39 is 11.6 Å². The van der Waals surface area contributed by atoms with E-state index in [9.17, 15) is 9.90 Å². The van der Waals surface area contributed by atoms with Gasteiger partial charge < -0.3 is 14.6 Å². The number of hydrogen-bond acceptors (Lipinski definition) is 4. The Bertz CT molecular complexity index is 687. The van der Waals surface area contributed by atoms with E-state index in [1.807, 2.05) is 19.1 Å². The lowest BCUT2D eigenvalue weighted by Gasteiger charge is -2.36. The van der Waals surface area contributed by atoms with Gasteiger partial charge in [0.25, 0.3) is 0 Å². The van der Waals surface area contributed by atoms with Crippen LogP contribution in [0.15, 0.2) is 24.0 Å². The quantitative estimate of drug-likeness (QED) is 0.660. The first-order chi connectivity index (χ1) is 11.0. The van der Waals surface area contributed by atoms with Crippen molar-refractivity contribution < 1.29 is 19.4 Å². The predicted octanol–water partition coefficient (Wildman–Crippen LogP) is 3.80. The van der Waals surface area contributed by atoms with Crippen LogP contribution < -0.4 is 0 Å². The number of carbonyl (C=O) groups is 1. The zero-order chi connectivity index (χ0) is 16.2.